The molecule has 2 atom stereocenters. The van der Waals surface area contributed by atoms with Crippen LogP contribution in [0.15, 0.2) is 47.5 Å². The first-order valence-corrected chi connectivity index (χ1v) is 12.4. The number of fused-ring (bicyclic) bond motifs is 1. The molecule has 2 aromatic heterocycles. The highest BCUT2D eigenvalue weighted by Crippen LogP contribution is 2.41. The van der Waals surface area contributed by atoms with Gasteiger partial charge in [-0.1, -0.05) is 11.6 Å². The third kappa shape index (κ3) is 4.06. The van der Waals surface area contributed by atoms with Gasteiger partial charge in [0.25, 0.3) is 5.56 Å². The van der Waals surface area contributed by atoms with Crippen LogP contribution in [0.1, 0.15) is 60.7 Å². The number of benzene rings is 2. The summed E-state index contributed by atoms with van der Waals surface area (Å²) >= 11 is 6.02. The SMILES string of the molecule is Cc1nc2c(-c3ccc(Cl)cc3F)cc([C@@H]3CCO[C@H](c4cnn(C5CC5)c4)C3)cc2c(=O)n1C. The zero-order valence-corrected chi connectivity index (χ0v) is 20.4. The number of aromatic nitrogens is 4. The van der Waals surface area contributed by atoms with Crippen LogP contribution in [0.3, 0.4) is 0 Å². The Bertz CT molecular complexity index is 1510. The molecule has 35 heavy (non-hydrogen) atoms. The molecule has 6 rings (SSSR count). The average molecular weight is 493 g/mol. The van der Waals surface area contributed by atoms with Gasteiger partial charge in [-0.15, -0.1) is 0 Å². The molecule has 180 valence electrons. The molecule has 0 unspecified atom stereocenters. The van der Waals surface area contributed by atoms with E-state index < -0.39 is 5.82 Å². The lowest BCUT2D eigenvalue weighted by atomic mass is 9.85. The summed E-state index contributed by atoms with van der Waals surface area (Å²) in [5.74, 6) is 0.292. The highest BCUT2D eigenvalue weighted by molar-refractivity contribution is 6.30. The summed E-state index contributed by atoms with van der Waals surface area (Å²) in [4.78, 5) is 17.9. The largest absolute Gasteiger partial charge is 0.373 e. The van der Waals surface area contributed by atoms with Crippen LogP contribution in [-0.2, 0) is 11.8 Å². The van der Waals surface area contributed by atoms with Gasteiger partial charge in [0.1, 0.15) is 11.6 Å². The van der Waals surface area contributed by atoms with Crippen LogP contribution in [0.25, 0.3) is 22.0 Å². The molecule has 4 aromatic rings. The Kier molecular flexibility index (Phi) is 5.49. The molecule has 0 radical (unpaired) electrons. The molecule has 2 fully saturated rings. The Hall–Kier alpha value is -3.03. The fourth-order valence-electron chi connectivity index (χ4n) is 5.04. The summed E-state index contributed by atoms with van der Waals surface area (Å²) in [5.41, 5.74) is 3.43. The lowest BCUT2D eigenvalue weighted by molar-refractivity contribution is 0.00524. The number of hydrogen-bond donors (Lipinski definition) is 0. The number of ether oxygens (including phenoxy) is 1. The van der Waals surface area contributed by atoms with Gasteiger partial charge < -0.3 is 4.74 Å². The first-order chi connectivity index (χ1) is 16.9. The van der Waals surface area contributed by atoms with E-state index in [1.165, 1.54) is 23.5 Å². The quantitative estimate of drug-likeness (QED) is 0.357. The molecule has 0 N–H and O–H groups in total. The summed E-state index contributed by atoms with van der Waals surface area (Å²) in [6.45, 7) is 2.39. The van der Waals surface area contributed by atoms with Crippen molar-refractivity contribution in [2.75, 3.05) is 6.61 Å². The van der Waals surface area contributed by atoms with Gasteiger partial charge in [0.15, 0.2) is 0 Å². The highest BCUT2D eigenvalue weighted by Gasteiger charge is 2.30. The minimum atomic E-state index is -0.437. The smallest absolute Gasteiger partial charge is 0.261 e. The monoisotopic (exact) mass is 492 g/mol. The summed E-state index contributed by atoms with van der Waals surface area (Å²) < 4.78 is 24.7. The maximum Gasteiger partial charge on any atom is 0.261 e. The standard InChI is InChI=1S/C27H26ClFN4O2/c1-15-31-26-22(21-6-3-19(28)12-24(21)29)9-17(10-23(26)27(34)32(15)2)16-7-8-35-25(11-16)18-13-30-33(14-18)20-4-5-20/h3,6,9-10,12-14,16,20,25H,4-5,7-8,11H2,1-2H3/t16-,25+/m1/s1. The molecular formula is C27H26ClFN4O2. The van der Waals surface area contributed by atoms with Crippen molar-refractivity contribution in [2.24, 2.45) is 7.05 Å². The Labute approximate surface area is 207 Å². The normalized spacial score (nSPS) is 20.5. The second kappa shape index (κ2) is 8.57. The second-order valence-electron chi connectivity index (χ2n) is 9.68. The summed E-state index contributed by atoms with van der Waals surface area (Å²) in [5, 5.41) is 5.34. The van der Waals surface area contributed by atoms with Crippen molar-refractivity contribution in [3.8, 4) is 11.1 Å². The van der Waals surface area contributed by atoms with Crippen molar-refractivity contribution in [3.63, 3.8) is 0 Å². The molecule has 3 heterocycles. The van der Waals surface area contributed by atoms with E-state index in [-0.39, 0.29) is 17.6 Å². The van der Waals surface area contributed by atoms with Crippen LogP contribution >= 0.6 is 11.6 Å². The number of nitrogens with zero attached hydrogens (tertiary/aromatic N) is 4. The first-order valence-electron chi connectivity index (χ1n) is 12.0. The van der Waals surface area contributed by atoms with Crippen LogP contribution < -0.4 is 5.56 Å². The van der Waals surface area contributed by atoms with Gasteiger partial charge in [0, 0.05) is 41.6 Å². The van der Waals surface area contributed by atoms with E-state index in [4.69, 9.17) is 16.3 Å². The van der Waals surface area contributed by atoms with Gasteiger partial charge in [-0.05, 0) is 74.4 Å². The Balaban J connectivity index is 1.45. The lowest BCUT2D eigenvalue weighted by Gasteiger charge is -2.30. The summed E-state index contributed by atoms with van der Waals surface area (Å²) in [6.07, 6.45) is 7.89. The number of halogens is 2. The first kappa shape index (κ1) is 22.4. The Morgan fingerprint density at radius 3 is 2.71 bits per heavy atom. The molecule has 0 spiro atoms. The van der Waals surface area contributed by atoms with E-state index in [0.717, 1.165) is 24.0 Å². The molecule has 1 aliphatic heterocycles. The zero-order chi connectivity index (χ0) is 24.3. The number of aryl methyl sites for hydroxylation is 1. The maximum atomic E-state index is 15.0. The lowest BCUT2D eigenvalue weighted by Crippen LogP contribution is -2.22. The van der Waals surface area contributed by atoms with Crippen LogP contribution in [-0.4, -0.2) is 25.9 Å². The molecule has 0 bridgehead atoms. The van der Waals surface area contributed by atoms with Gasteiger partial charge in [0.05, 0.1) is 29.2 Å². The van der Waals surface area contributed by atoms with Crippen molar-refractivity contribution < 1.29 is 9.13 Å². The van der Waals surface area contributed by atoms with Crippen molar-refractivity contribution in [2.45, 2.75) is 50.7 Å². The van der Waals surface area contributed by atoms with E-state index in [1.807, 2.05) is 23.0 Å². The maximum absolute atomic E-state index is 15.0. The predicted octanol–water partition coefficient (Wildman–Crippen LogP) is 5.87. The van der Waals surface area contributed by atoms with E-state index >= 15 is 4.39 Å². The van der Waals surface area contributed by atoms with Crippen molar-refractivity contribution >= 4 is 22.5 Å². The van der Waals surface area contributed by atoms with E-state index in [0.29, 0.717) is 45.5 Å². The van der Waals surface area contributed by atoms with E-state index in [1.54, 1.807) is 26.1 Å². The summed E-state index contributed by atoms with van der Waals surface area (Å²) in [6, 6.07) is 9.06. The molecule has 6 nitrogen and oxygen atoms in total. The Morgan fingerprint density at radius 1 is 1.11 bits per heavy atom. The van der Waals surface area contributed by atoms with Gasteiger partial charge in [-0.3, -0.25) is 14.0 Å². The predicted molar refractivity (Wildman–Crippen MR) is 133 cm³/mol. The molecule has 2 aliphatic rings. The second-order valence-corrected chi connectivity index (χ2v) is 10.1. The Morgan fingerprint density at radius 2 is 1.94 bits per heavy atom. The minimum Gasteiger partial charge on any atom is -0.373 e. The molecule has 1 saturated heterocycles. The molecule has 1 saturated carbocycles. The third-order valence-corrected chi connectivity index (χ3v) is 7.55. The van der Waals surface area contributed by atoms with Crippen LogP contribution in [0, 0.1) is 12.7 Å². The number of rotatable bonds is 4. The van der Waals surface area contributed by atoms with Crippen molar-refractivity contribution in [1.29, 1.82) is 0 Å². The van der Waals surface area contributed by atoms with Gasteiger partial charge in [-0.2, -0.15) is 5.10 Å². The van der Waals surface area contributed by atoms with Crippen LogP contribution in [0.2, 0.25) is 5.02 Å². The fraction of sp³-hybridized carbons (Fsp3) is 0.370. The van der Waals surface area contributed by atoms with Gasteiger partial charge >= 0.3 is 0 Å². The third-order valence-electron chi connectivity index (χ3n) is 7.32. The zero-order valence-electron chi connectivity index (χ0n) is 19.7. The average Bonchev–Trinajstić information content (AvgIpc) is 3.59. The molecule has 2 aromatic carbocycles. The topological polar surface area (TPSA) is 61.9 Å². The van der Waals surface area contributed by atoms with Crippen molar-refractivity contribution in [3.05, 3.63) is 80.9 Å². The molecule has 1 aliphatic carbocycles. The molecule has 8 heteroatoms. The molecular weight excluding hydrogens is 467 g/mol. The van der Waals surface area contributed by atoms with Gasteiger partial charge in [-0.25, -0.2) is 9.37 Å². The van der Waals surface area contributed by atoms with Crippen molar-refractivity contribution in [1.82, 2.24) is 19.3 Å². The fourth-order valence-corrected chi connectivity index (χ4v) is 5.20. The highest BCUT2D eigenvalue weighted by atomic mass is 35.5. The number of hydrogen-bond acceptors (Lipinski definition) is 4. The minimum absolute atomic E-state index is 0.0633. The van der Waals surface area contributed by atoms with E-state index in [9.17, 15) is 4.79 Å². The van der Waals surface area contributed by atoms with Crippen LogP contribution in [0.5, 0.6) is 0 Å². The van der Waals surface area contributed by atoms with Crippen LogP contribution in [0.4, 0.5) is 4.39 Å². The van der Waals surface area contributed by atoms with E-state index in [2.05, 4.69) is 16.3 Å². The van der Waals surface area contributed by atoms with Gasteiger partial charge in [0.2, 0.25) is 0 Å². The molecule has 0 amide bonds. The summed E-state index contributed by atoms with van der Waals surface area (Å²) in [7, 11) is 1.71.